The largest absolute Gasteiger partial charge is 0.342 e. The van der Waals surface area contributed by atoms with Crippen LogP contribution in [0.2, 0.25) is 5.02 Å². The van der Waals surface area contributed by atoms with Crippen LogP contribution in [0.3, 0.4) is 0 Å². The van der Waals surface area contributed by atoms with E-state index in [0.717, 1.165) is 30.8 Å². The highest BCUT2D eigenvalue weighted by Gasteiger charge is 2.31. The fourth-order valence-electron chi connectivity index (χ4n) is 3.62. The Morgan fingerprint density at radius 2 is 1.96 bits per heavy atom. The van der Waals surface area contributed by atoms with Crippen molar-refractivity contribution in [2.75, 3.05) is 13.1 Å². The van der Waals surface area contributed by atoms with E-state index in [4.69, 9.17) is 11.6 Å². The molecule has 0 spiro atoms. The maximum absolute atomic E-state index is 13.1. The van der Waals surface area contributed by atoms with Gasteiger partial charge in [-0.25, -0.2) is 4.98 Å². The smallest absolute Gasteiger partial charge is 0.225 e. The minimum atomic E-state index is -0.374. The highest BCUT2D eigenvalue weighted by Crippen LogP contribution is 2.25. The van der Waals surface area contributed by atoms with E-state index in [0.29, 0.717) is 11.6 Å². The Labute approximate surface area is 170 Å². The molecule has 3 rings (SSSR count). The van der Waals surface area contributed by atoms with E-state index in [9.17, 15) is 9.59 Å². The summed E-state index contributed by atoms with van der Waals surface area (Å²) in [4.78, 5) is 31.7. The van der Waals surface area contributed by atoms with Gasteiger partial charge in [-0.3, -0.25) is 9.59 Å². The zero-order valence-electron chi connectivity index (χ0n) is 16.6. The van der Waals surface area contributed by atoms with Gasteiger partial charge in [-0.05, 0) is 30.5 Å². The molecule has 0 unspecified atom stereocenters. The van der Waals surface area contributed by atoms with Gasteiger partial charge in [-0.2, -0.15) is 0 Å². The molecule has 0 aliphatic carbocycles. The highest BCUT2D eigenvalue weighted by molar-refractivity contribution is 6.30. The van der Waals surface area contributed by atoms with Crippen LogP contribution in [0.4, 0.5) is 0 Å². The molecule has 0 bridgehead atoms. The summed E-state index contributed by atoms with van der Waals surface area (Å²) in [7, 11) is 1.90. The summed E-state index contributed by atoms with van der Waals surface area (Å²) in [6, 6.07) is 7.04. The summed E-state index contributed by atoms with van der Waals surface area (Å²) in [5, 5.41) is 3.79. The molecule has 2 heterocycles. The molecule has 7 heteroatoms. The number of amides is 2. The van der Waals surface area contributed by atoms with Gasteiger partial charge in [0.25, 0.3) is 0 Å². The average Bonchev–Trinajstić information content (AvgIpc) is 3.11. The molecule has 0 saturated carbocycles. The van der Waals surface area contributed by atoms with Crippen molar-refractivity contribution in [2.45, 2.75) is 32.7 Å². The van der Waals surface area contributed by atoms with Crippen molar-refractivity contribution in [3.63, 3.8) is 0 Å². The standard InChI is InChI=1S/C21H27ClN4O2/c1-14(2)21(28)26-11-4-5-16(13-26)20(27)24-18(19-23-10-12-25(19)3)15-6-8-17(22)9-7-15/h6-10,12,14,16,18H,4-5,11,13H2,1-3H3,(H,24,27)/t16-,18+/m1/s1. The number of hydrogen-bond donors (Lipinski definition) is 1. The zero-order chi connectivity index (χ0) is 20.3. The second-order valence-electron chi connectivity index (χ2n) is 7.67. The molecular weight excluding hydrogens is 376 g/mol. The normalized spacial score (nSPS) is 18.2. The van der Waals surface area contributed by atoms with Crippen molar-refractivity contribution in [2.24, 2.45) is 18.9 Å². The van der Waals surface area contributed by atoms with Crippen molar-refractivity contribution in [3.05, 3.63) is 53.1 Å². The number of nitrogens with zero attached hydrogens (tertiary/aromatic N) is 3. The molecule has 2 amide bonds. The van der Waals surface area contributed by atoms with Gasteiger partial charge < -0.3 is 14.8 Å². The highest BCUT2D eigenvalue weighted by atomic mass is 35.5. The molecule has 1 aromatic carbocycles. The summed E-state index contributed by atoms with van der Waals surface area (Å²) >= 11 is 6.03. The van der Waals surface area contributed by atoms with Crippen LogP contribution in [-0.4, -0.2) is 39.4 Å². The van der Waals surface area contributed by atoms with Gasteiger partial charge >= 0.3 is 0 Å². The minimum Gasteiger partial charge on any atom is -0.342 e. The Kier molecular flexibility index (Phi) is 6.39. The zero-order valence-corrected chi connectivity index (χ0v) is 17.3. The van der Waals surface area contributed by atoms with Crippen molar-refractivity contribution in [1.82, 2.24) is 19.8 Å². The summed E-state index contributed by atoms with van der Waals surface area (Å²) in [5.74, 6) is 0.532. The number of halogens is 1. The number of rotatable bonds is 5. The third-order valence-electron chi connectivity index (χ3n) is 5.20. The van der Waals surface area contributed by atoms with Crippen LogP contribution in [-0.2, 0) is 16.6 Å². The molecule has 1 aliphatic heterocycles. The van der Waals surface area contributed by atoms with Gasteiger partial charge in [0.05, 0.1) is 5.92 Å². The molecule has 150 valence electrons. The number of piperidine rings is 1. The van der Waals surface area contributed by atoms with E-state index in [1.54, 1.807) is 6.20 Å². The molecule has 1 fully saturated rings. The van der Waals surface area contributed by atoms with Crippen LogP contribution < -0.4 is 5.32 Å². The third kappa shape index (κ3) is 4.55. The summed E-state index contributed by atoms with van der Waals surface area (Å²) < 4.78 is 1.90. The Morgan fingerprint density at radius 1 is 1.25 bits per heavy atom. The summed E-state index contributed by atoms with van der Waals surface area (Å²) in [5.41, 5.74) is 0.915. The Balaban J connectivity index is 1.79. The predicted octanol–water partition coefficient (Wildman–Crippen LogP) is 3.17. The van der Waals surface area contributed by atoms with Crippen molar-refractivity contribution >= 4 is 23.4 Å². The molecule has 6 nitrogen and oxygen atoms in total. The first kappa shape index (κ1) is 20.4. The SMILES string of the molecule is CC(C)C(=O)N1CCC[C@@H](C(=O)N[C@@H](c2ccc(Cl)cc2)c2nccn2C)C1. The molecule has 28 heavy (non-hydrogen) atoms. The number of aryl methyl sites for hydroxylation is 1. The van der Waals surface area contributed by atoms with Crippen molar-refractivity contribution in [3.8, 4) is 0 Å². The van der Waals surface area contributed by atoms with Gasteiger partial charge in [0, 0.05) is 43.5 Å². The lowest BCUT2D eigenvalue weighted by molar-refractivity contribution is -0.138. The Bertz CT molecular complexity index is 831. The van der Waals surface area contributed by atoms with Gasteiger partial charge in [-0.15, -0.1) is 0 Å². The van der Waals surface area contributed by atoms with Crippen LogP contribution in [0.5, 0.6) is 0 Å². The van der Waals surface area contributed by atoms with Gasteiger partial charge in [0.1, 0.15) is 11.9 Å². The topological polar surface area (TPSA) is 67.2 Å². The minimum absolute atomic E-state index is 0.0517. The predicted molar refractivity (Wildman–Crippen MR) is 109 cm³/mol. The number of hydrogen-bond acceptors (Lipinski definition) is 3. The van der Waals surface area contributed by atoms with Crippen molar-refractivity contribution < 1.29 is 9.59 Å². The first-order valence-electron chi connectivity index (χ1n) is 9.68. The van der Waals surface area contributed by atoms with Gasteiger partial charge in [0.15, 0.2) is 0 Å². The van der Waals surface area contributed by atoms with Crippen LogP contribution >= 0.6 is 11.6 Å². The number of carbonyl (C=O) groups excluding carboxylic acids is 2. The molecule has 1 aromatic heterocycles. The van der Waals surface area contributed by atoms with E-state index in [1.165, 1.54) is 0 Å². The van der Waals surface area contributed by atoms with E-state index < -0.39 is 0 Å². The second-order valence-corrected chi connectivity index (χ2v) is 8.10. The summed E-state index contributed by atoms with van der Waals surface area (Å²) in [6.45, 7) is 4.98. The van der Waals surface area contributed by atoms with Gasteiger partial charge in [-0.1, -0.05) is 37.6 Å². The molecule has 2 aromatic rings. The quantitative estimate of drug-likeness (QED) is 0.835. The van der Waals surface area contributed by atoms with Crippen LogP contribution in [0.15, 0.2) is 36.7 Å². The Morgan fingerprint density at radius 3 is 2.57 bits per heavy atom. The second kappa shape index (κ2) is 8.78. The van der Waals surface area contributed by atoms with E-state index in [2.05, 4.69) is 10.3 Å². The number of likely N-dealkylation sites (tertiary alicyclic amines) is 1. The lowest BCUT2D eigenvalue weighted by atomic mass is 9.95. The maximum Gasteiger partial charge on any atom is 0.225 e. The molecule has 1 aliphatic rings. The van der Waals surface area contributed by atoms with Crippen LogP contribution in [0.25, 0.3) is 0 Å². The first-order valence-corrected chi connectivity index (χ1v) is 10.1. The number of benzene rings is 1. The lowest BCUT2D eigenvalue weighted by Crippen LogP contribution is -2.47. The molecule has 1 saturated heterocycles. The van der Waals surface area contributed by atoms with Crippen molar-refractivity contribution in [1.29, 1.82) is 0 Å². The lowest BCUT2D eigenvalue weighted by Gasteiger charge is -2.34. The summed E-state index contributed by atoms with van der Waals surface area (Å²) in [6.07, 6.45) is 5.19. The van der Waals surface area contributed by atoms with E-state index in [-0.39, 0.29) is 29.7 Å². The number of aromatic nitrogens is 2. The van der Waals surface area contributed by atoms with Crippen LogP contribution in [0.1, 0.15) is 44.1 Å². The number of imidazole rings is 1. The fraction of sp³-hybridized carbons (Fsp3) is 0.476. The molecule has 1 N–H and O–H groups in total. The maximum atomic E-state index is 13.1. The van der Waals surface area contributed by atoms with Crippen LogP contribution in [0, 0.1) is 11.8 Å². The molecule has 0 radical (unpaired) electrons. The third-order valence-corrected chi connectivity index (χ3v) is 5.46. The number of carbonyl (C=O) groups is 2. The number of nitrogens with one attached hydrogen (secondary N) is 1. The molecular formula is C21H27ClN4O2. The Hall–Kier alpha value is -2.34. The average molecular weight is 403 g/mol. The monoisotopic (exact) mass is 402 g/mol. The first-order chi connectivity index (χ1) is 13.4. The van der Waals surface area contributed by atoms with Gasteiger partial charge in [0.2, 0.25) is 11.8 Å². The van der Waals surface area contributed by atoms with E-state index in [1.807, 2.05) is 60.8 Å². The van der Waals surface area contributed by atoms with E-state index >= 15 is 0 Å². The molecule has 2 atom stereocenters. The fourth-order valence-corrected chi connectivity index (χ4v) is 3.75.